The minimum absolute atomic E-state index is 0.0970. The second-order valence-corrected chi connectivity index (χ2v) is 5.94. The van der Waals surface area contributed by atoms with Gasteiger partial charge in [-0.15, -0.1) is 11.3 Å². The van der Waals surface area contributed by atoms with Gasteiger partial charge in [-0.05, 0) is 23.9 Å². The van der Waals surface area contributed by atoms with Crippen molar-refractivity contribution in [3.8, 4) is 0 Å². The number of halogens is 1. The van der Waals surface area contributed by atoms with Gasteiger partial charge in [0.2, 0.25) is 5.91 Å². The van der Waals surface area contributed by atoms with Crippen LogP contribution in [-0.2, 0) is 4.79 Å². The number of aromatic nitrogens is 1. The number of amides is 2. The topological polar surface area (TPSA) is 62.3 Å². The van der Waals surface area contributed by atoms with Crippen molar-refractivity contribution in [2.75, 3.05) is 19.8 Å². The van der Waals surface area contributed by atoms with Crippen LogP contribution in [0.25, 0.3) is 10.1 Å². The standard InChI is InChI=1S/C14H14FN3O2S/c15-3-6-18-5-2-10(14(18)20)17-13(19)11-7-9-1-4-16-8-12(9)21-11/h1,4,7-8,10H,2-3,5-6H2,(H,17,19). The number of likely N-dealkylation sites (tertiary alicyclic amines) is 1. The van der Waals surface area contributed by atoms with Crippen LogP contribution in [0, 0.1) is 0 Å². The molecule has 1 N–H and O–H groups in total. The zero-order chi connectivity index (χ0) is 14.8. The second kappa shape index (κ2) is 5.77. The van der Waals surface area contributed by atoms with Crippen molar-refractivity contribution in [1.29, 1.82) is 0 Å². The highest BCUT2D eigenvalue weighted by Crippen LogP contribution is 2.24. The molecule has 7 heteroatoms. The summed E-state index contributed by atoms with van der Waals surface area (Å²) in [5.74, 6) is -0.472. The molecule has 0 aromatic carbocycles. The first-order valence-corrected chi connectivity index (χ1v) is 7.50. The molecule has 2 amide bonds. The van der Waals surface area contributed by atoms with Crippen LogP contribution in [0.2, 0.25) is 0 Å². The van der Waals surface area contributed by atoms with Gasteiger partial charge in [0.25, 0.3) is 5.91 Å². The first kappa shape index (κ1) is 13.9. The Morgan fingerprint density at radius 3 is 3.19 bits per heavy atom. The lowest BCUT2D eigenvalue weighted by molar-refractivity contribution is -0.129. The minimum Gasteiger partial charge on any atom is -0.339 e. The number of pyridine rings is 1. The molecule has 110 valence electrons. The van der Waals surface area contributed by atoms with E-state index in [0.717, 1.165) is 10.1 Å². The molecule has 1 atom stereocenters. The van der Waals surface area contributed by atoms with Crippen molar-refractivity contribution in [3.63, 3.8) is 0 Å². The second-order valence-electron chi connectivity index (χ2n) is 4.85. The van der Waals surface area contributed by atoms with E-state index >= 15 is 0 Å². The van der Waals surface area contributed by atoms with Crippen LogP contribution < -0.4 is 5.32 Å². The van der Waals surface area contributed by atoms with Crippen molar-refractivity contribution in [3.05, 3.63) is 29.4 Å². The maximum absolute atomic E-state index is 12.3. The maximum Gasteiger partial charge on any atom is 0.262 e. The van der Waals surface area contributed by atoms with Gasteiger partial charge in [-0.3, -0.25) is 14.6 Å². The normalized spacial score (nSPS) is 18.4. The van der Waals surface area contributed by atoms with Crippen molar-refractivity contribution < 1.29 is 14.0 Å². The Labute approximate surface area is 124 Å². The van der Waals surface area contributed by atoms with E-state index in [1.54, 1.807) is 18.5 Å². The Balaban J connectivity index is 1.70. The predicted molar refractivity (Wildman–Crippen MR) is 78.0 cm³/mol. The highest BCUT2D eigenvalue weighted by atomic mass is 32.1. The van der Waals surface area contributed by atoms with Crippen LogP contribution in [0.1, 0.15) is 16.1 Å². The molecule has 3 rings (SSSR count). The van der Waals surface area contributed by atoms with E-state index < -0.39 is 12.7 Å². The number of nitrogens with one attached hydrogen (secondary N) is 1. The van der Waals surface area contributed by atoms with Gasteiger partial charge in [0.15, 0.2) is 0 Å². The van der Waals surface area contributed by atoms with E-state index in [9.17, 15) is 14.0 Å². The highest BCUT2D eigenvalue weighted by molar-refractivity contribution is 7.20. The third kappa shape index (κ3) is 2.73. The zero-order valence-corrected chi connectivity index (χ0v) is 12.0. The summed E-state index contributed by atoms with van der Waals surface area (Å²) < 4.78 is 13.2. The number of rotatable bonds is 4. The van der Waals surface area contributed by atoms with Gasteiger partial charge in [0.05, 0.1) is 9.58 Å². The third-order valence-electron chi connectivity index (χ3n) is 3.50. The summed E-state index contributed by atoms with van der Waals surface area (Å²) in [6.07, 6.45) is 3.91. The first-order valence-electron chi connectivity index (χ1n) is 6.68. The Hall–Kier alpha value is -2.02. The molecule has 1 aliphatic rings. The van der Waals surface area contributed by atoms with E-state index in [4.69, 9.17) is 0 Å². The zero-order valence-electron chi connectivity index (χ0n) is 11.2. The minimum atomic E-state index is -0.560. The van der Waals surface area contributed by atoms with Crippen LogP contribution in [0.3, 0.4) is 0 Å². The Morgan fingerprint density at radius 2 is 2.43 bits per heavy atom. The fraction of sp³-hybridized carbons (Fsp3) is 0.357. The first-order chi connectivity index (χ1) is 10.2. The predicted octanol–water partition coefficient (Wildman–Crippen LogP) is 1.60. The molecule has 2 aromatic heterocycles. The monoisotopic (exact) mass is 307 g/mol. The van der Waals surface area contributed by atoms with Crippen molar-refractivity contribution in [1.82, 2.24) is 15.2 Å². The summed E-state index contributed by atoms with van der Waals surface area (Å²) in [6, 6.07) is 3.08. The highest BCUT2D eigenvalue weighted by Gasteiger charge is 2.32. The fourth-order valence-corrected chi connectivity index (χ4v) is 3.36. The summed E-state index contributed by atoms with van der Waals surface area (Å²) in [5.41, 5.74) is 0. The molecule has 0 radical (unpaired) electrons. The van der Waals surface area contributed by atoms with Crippen LogP contribution in [0.5, 0.6) is 0 Å². The summed E-state index contributed by atoms with van der Waals surface area (Å²) in [6.45, 7) is 0.0273. The van der Waals surface area contributed by atoms with Crippen molar-refractivity contribution >= 4 is 33.2 Å². The molecule has 0 saturated carbocycles. The van der Waals surface area contributed by atoms with Gasteiger partial charge in [0.1, 0.15) is 12.7 Å². The van der Waals surface area contributed by atoms with E-state index in [2.05, 4.69) is 10.3 Å². The quantitative estimate of drug-likeness (QED) is 0.933. The molecule has 2 aromatic rings. The molecule has 3 heterocycles. The van der Waals surface area contributed by atoms with Gasteiger partial charge >= 0.3 is 0 Å². The van der Waals surface area contributed by atoms with Crippen molar-refractivity contribution in [2.45, 2.75) is 12.5 Å². The van der Waals surface area contributed by atoms with Crippen molar-refractivity contribution in [2.24, 2.45) is 0 Å². The Kier molecular flexibility index (Phi) is 3.83. The fourth-order valence-electron chi connectivity index (χ4n) is 2.42. The van der Waals surface area contributed by atoms with Crippen LogP contribution in [0.4, 0.5) is 4.39 Å². The van der Waals surface area contributed by atoms with E-state index in [-0.39, 0.29) is 18.4 Å². The molecule has 0 spiro atoms. The lowest BCUT2D eigenvalue weighted by Gasteiger charge is -2.14. The molecular formula is C14H14FN3O2S. The smallest absolute Gasteiger partial charge is 0.262 e. The lowest BCUT2D eigenvalue weighted by atomic mass is 10.2. The molecule has 1 aliphatic heterocycles. The van der Waals surface area contributed by atoms with E-state index in [1.807, 2.05) is 6.07 Å². The van der Waals surface area contributed by atoms with Gasteiger partial charge in [-0.25, -0.2) is 4.39 Å². The molecule has 5 nitrogen and oxygen atoms in total. The molecule has 1 unspecified atom stereocenters. The summed E-state index contributed by atoms with van der Waals surface area (Å²) in [7, 11) is 0. The van der Waals surface area contributed by atoms with Crippen LogP contribution in [0.15, 0.2) is 24.5 Å². The number of nitrogens with zero attached hydrogens (tertiary/aromatic N) is 2. The summed E-state index contributed by atoms with van der Waals surface area (Å²) in [5, 5.41) is 3.69. The number of carbonyl (C=O) groups excluding carboxylic acids is 2. The van der Waals surface area contributed by atoms with Gasteiger partial charge in [-0.2, -0.15) is 0 Å². The molecule has 0 aliphatic carbocycles. The lowest BCUT2D eigenvalue weighted by Crippen LogP contribution is -2.41. The van der Waals surface area contributed by atoms with Gasteiger partial charge < -0.3 is 10.2 Å². The largest absolute Gasteiger partial charge is 0.339 e. The Morgan fingerprint density at radius 1 is 1.57 bits per heavy atom. The van der Waals surface area contributed by atoms with E-state index in [1.165, 1.54) is 16.2 Å². The number of hydrogen-bond donors (Lipinski definition) is 1. The van der Waals surface area contributed by atoms with Gasteiger partial charge in [-0.1, -0.05) is 0 Å². The number of fused-ring (bicyclic) bond motifs is 1. The number of thiophene rings is 1. The molecule has 1 saturated heterocycles. The van der Waals surface area contributed by atoms with Gasteiger partial charge in [0, 0.05) is 25.5 Å². The SMILES string of the molecule is O=C(NC1CCN(CCF)C1=O)c1cc2ccncc2s1. The maximum atomic E-state index is 12.3. The number of hydrogen-bond acceptors (Lipinski definition) is 4. The van der Waals surface area contributed by atoms with Crippen LogP contribution >= 0.6 is 11.3 Å². The molecule has 0 bridgehead atoms. The number of carbonyl (C=O) groups is 2. The van der Waals surface area contributed by atoms with Crippen LogP contribution in [-0.4, -0.2) is 47.5 Å². The molecule has 21 heavy (non-hydrogen) atoms. The van der Waals surface area contributed by atoms with E-state index in [0.29, 0.717) is 17.8 Å². The molecule has 1 fully saturated rings. The summed E-state index contributed by atoms with van der Waals surface area (Å²) in [4.78, 5) is 30.2. The Bertz CT molecular complexity index is 655. The molecular weight excluding hydrogens is 293 g/mol. The average Bonchev–Trinajstić information content (AvgIpc) is 3.06. The average molecular weight is 307 g/mol. The number of alkyl halides is 1. The third-order valence-corrected chi connectivity index (χ3v) is 4.59. The summed E-state index contributed by atoms with van der Waals surface area (Å²) >= 11 is 1.34.